The molecule has 1 atom stereocenters. The van der Waals surface area contributed by atoms with E-state index in [2.05, 4.69) is 24.3 Å². The fraction of sp³-hybridized carbons (Fsp3) is 0.556. The van der Waals surface area contributed by atoms with Crippen molar-refractivity contribution in [3.63, 3.8) is 0 Å². The van der Waals surface area contributed by atoms with Gasteiger partial charge >= 0.3 is 0 Å². The lowest BCUT2D eigenvalue weighted by Gasteiger charge is -2.29. The maximum Gasteiger partial charge on any atom is 0.0558 e. The van der Waals surface area contributed by atoms with Gasteiger partial charge in [0, 0.05) is 0 Å². The van der Waals surface area contributed by atoms with Gasteiger partial charge in [-0.2, -0.15) is 0 Å². The van der Waals surface area contributed by atoms with Crippen LogP contribution in [-0.4, -0.2) is 0 Å². The van der Waals surface area contributed by atoms with E-state index in [1.807, 2.05) is 0 Å². The van der Waals surface area contributed by atoms with Crippen LogP contribution in [0.5, 0.6) is 0 Å². The molecule has 0 fully saturated rings. The van der Waals surface area contributed by atoms with E-state index in [9.17, 15) is 0 Å². The first-order valence-electron chi connectivity index (χ1n) is 7.73. The van der Waals surface area contributed by atoms with Crippen LogP contribution in [0.3, 0.4) is 0 Å². The van der Waals surface area contributed by atoms with Crippen LogP contribution in [0.25, 0.3) is 0 Å². The maximum atomic E-state index is 2.59. The molecule has 18 heavy (non-hydrogen) atoms. The van der Waals surface area contributed by atoms with E-state index >= 15 is 0 Å². The SMILES string of the molecule is C1=C(C2=CC2(C2=CCCC2)C2=CCCCC2)CC1. The van der Waals surface area contributed by atoms with Gasteiger partial charge in [-0.15, -0.1) is 0 Å². The Morgan fingerprint density at radius 2 is 1.44 bits per heavy atom. The summed E-state index contributed by atoms with van der Waals surface area (Å²) in [5.41, 5.74) is 7.16. The fourth-order valence-corrected chi connectivity index (χ4v) is 4.02. The molecule has 0 aromatic carbocycles. The third kappa shape index (κ3) is 1.44. The van der Waals surface area contributed by atoms with Crippen LogP contribution in [0.15, 0.2) is 46.6 Å². The van der Waals surface area contributed by atoms with E-state index in [0.717, 1.165) is 0 Å². The van der Waals surface area contributed by atoms with Gasteiger partial charge in [0.05, 0.1) is 5.41 Å². The lowest BCUT2D eigenvalue weighted by atomic mass is 9.74. The molecule has 4 rings (SSSR count). The Morgan fingerprint density at radius 1 is 0.722 bits per heavy atom. The summed E-state index contributed by atoms with van der Waals surface area (Å²) in [5.74, 6) is 0. The Labute approximate surface area is 110 Å². The molecule has 4 aliphatic rings. The van der Waals surface area contributed by atoms with Gasteiger partial charge in [0.1, 0.15) is 0 Å². The molecule has 0 nitrogen and oxygen atoms in total. The van der Waals surface area contributed by atoms with Gasteiger partial charge in [-0.05, 0) is 68.9 Å². The first-order valence-corrected chi connectivity index (χ1v) is 7.73. The van der Waals surface area contributed by atoms with Crippen molar-refractivity contribution < 1.29 is 0 Å². The van der Waals surface area contributed by atoms with E-state index in [1.165, 1.54) is 57.8 Å². The van der Waals surface area contributed by atoms with Crippen molar-refractivity contribution in [2.45, 2.75) is 57.8 Å². The van der Waals surface area contributed by atoms with Crippen LogP contribution in [0.4, 0.5) is 0 Å². The van der Waals surface area contributed by atoms with E-state index in [-0.39, 0.29) is 0 Å². The third-order valence-corrected chi connectivity index (χ3v) is 5.20. The second kappa shape index (κ2) is 3.98. The molecule has 0 aromatic rings. The Bertz CT molecular complexity index is 498. The Balaban J connectivity index is 1.69. The molecule has 0 bridgehead atoms. The smallest absolute Gasteiger partial charge is 0.0558 e. The molecule has 1 unspecified atom stereocenters. The molecule has 0 radical (unpaired) electrons. The zero-order valence-corrected chi connectivity index (χ0v) is 11.2. The molecular weight excluding hydrogens is 216 g/mol. The highest BCUT2D eigenvalue weighted by atomic mass is 14.5. The fourth-order valence-electron chi connectivity index (χ4n) is 4.02. The van der Waals surface area contributed by atoms with Crippen molar-refractivity contribution in [3.05, 3.63) is 46.6 Å². The van der Waals surface area contributed by atoms with Crippen LogP contribution in [0.1, 0.15) is 57.8 Å². The highest BCUT2D eigenvalue weighted by Crippen LogP contribution is 2.63. The number of allylic oxidation sites excluding steroid dienone is 8. The molecule has 0 amide bonds. The van der Waals surface area contributed by atoms with Crippen LogP contribution in [0, 0.1) is 5.41 Å². The Hall–Kier alpha value is -1.04. The largest absolute Gasteiger partial charge is 0.0838 e. The predicted molar refractivity (Wildman–Crippen MR) is 76.3 cm³/mol. The van der Waals surface area contributed by atoms with Gasteiger partial charge < -0.3 is 0 Å². The molecule has 0 N–H and O–H groups in total. The second-order valence-corrected chi connectivity index (χ2v) is 6.23. The van der Waals surface area contributed by atoms with Gasteiger partial charge in [-0.3, -0.25) is 0 Å². The average molecular weight is 238 g/mol. The summed E-state index contributed by atoms with van der Waals surface area (Å²) in [7, 11) is 0. The van der Waals surface area contributed by atoms with Crippen molar-refractivity contribution in [2.24, 2.45) is 5.41 Å². The Kier molecular flexibility index (Phi) is 2.40. The summed E-state index contributed by atoms with van der Waals surface area (Å²) in [5, 5.41) is 0. The summed E-state index contributed by atoms with van der Waals surface area (Å²) >= 11 is 0. The van der Waals surface area contributed by atoms with Crippen LogP contribution >= 0.6 is 0 Å². The van der Waals surface area contributed by atoms with Gasteiger partial charge in [0.2, 0.25) is 0 Å². The van der Waals surface area contributed by atoms with Gasteiger partial charge in [-0.1, -0.05) is 35.5 Å². The molecular formula is C18H22. The first kappa shape index (κ1) is 10.8. The monoisotopic (exact) mass is 238 g/mol. The molecule has 4 aliphatic carbocycles. The van der Waals surface area contributed by atoms with Crippen molar-refractivity contribution in [1.82, 2.24) is 0 Å². The number of hydrogen-bond acceptors (Lipinski definition) is 0. The van der Waals surface area contributed by atoms with E-state index < -0.39 is 0 Å². The number of rotatable bonds is 3. The molecule has 0 spiro atoms. The van der Waals surface area contributed by atoms with Crippen LogP contribution in [0.2, 0.25) is 0 Å². The zero-order valence-electron chi connectivity index (χ0n) is 11.2. The summed E-state index contributed by atoms with van der Waals surface area (Å²) in [6, 6.07) is 0. The van der Waals surface area contributed by atoms with Gasteiger partial charge in [0.15, 0.2) is 0 Å². The first-order chi connectivity index (χ1) is 8.91. The minimum absolute atomic E-state index is 0.336. The highest BCUT2D eigenvalue weighted by molar-refractivity contribution is 5.68. The Morgan fingerprint density at radius 3 is 1.94 bits per heavy atom. The van der Waals surface area contributed by atoms with Gasteiger partial charge in [-0.25, -0.2) is 0 Å². The van der Waals surface area contributed by atoms with Crippen molar-refractivity contribution in [3.8, 4) is 0 Å². The standard InChI is InChI=1S/C18H22/c1-2-9-15(10-3-1)18(16-11-4-5-12-16)13-17(18)14-7-6-8-14/h7,9,11,13H,1-6,8,10,12H2. The van der Waals surface area contributed by atoms with Crippen molar-refractivity contribution >= 4 is 0 Å². The molecule has 0 saturated heterocycles. The van der Waals surface area contributed by atoms with Crippen LogP contribution < -0.4 is 0 Å². The normalized spacial score (nSPS) is 34.2. The third-order valence-electron chi connectivity index (χ3n) is 5.20. The molecule has 0 aliphatic heterocycles. The zero-order chi connectivity index (χ0) is 12.0. The lowest BCUT2D eigenvalue weighted by Crippen LogP contribution is -2.16. The summed E-state index contributed by atoms with van der Waals surface area (Å²) in [6.07, 6.45) is 22.3. The quantitative estimate of drug-likeness (QED) is 0.589. The maximum absolute atomic E-state index is 2.59. The topological polar surface area (TPSA) is 0 Å². The molecule has 0 saturated carbocycles. The van der Waals surface area contributed by atoms with E-state index in [4.69, 9.17) is 0 Å². The number of hydrogen-bond donors (Lipinski definition) is 0. The highest BCUT2D eigenvalue weighted by Gasteiger charge is 2.51. The van der Waals surface area contributed by atoms with Gasteiger partial charge in [0.25, 0.3) is 0 Å². The summed E-state index contributed by atoms with van der Waals surface area (Å²) < 4.78 is 0. The van der Waals surface area contributed by atoms with E-state index in [1.54, 1.807) is 22.3 Å². The van der Waals surface area contributed by atoms with E-state index in [0.29, 0.717) is 5.41 Å². The second-order valence-electron chi connectivity index (χ2n) is 6.23. The van der Waals surface area contributed by atoms with Crippen molar-refractivity contribution in [1.29, 1.82) is 0 Å². The lowest BCUT2D eigenvalue weighted by molar-refractivity contribution is 0.607. The predicted octanol–water partition coefficient (Wildman–Crippen LogP) is 5.24. The molecule has 94 valence electrons. The molecule has 0 heteroatoms. The van der Waals surface area contributed by atoms with Crippen molar-refractivity contribution in [2.75, 3.05) is 0 Å². The average Bonchev–Trinajstić information content (AvgIpc) is 2.85. The van der Waals surface area contributed by atoms with Crippen LogP contribution in [-0.2, 0) is 0 Å². The molecule has 0 aromatic heterocycles. The minimum atomic E-state index is 0.336. The minimum Gasteiger partial charge on any atom is -0.0838 e. The summed E-state index contributed by atoms with van der Waals surface area (Å²) in [6.45, 7) is 0. The summed E-state index contributed by atoms with van der Waals surface area (Å²) in [4.78, 5) is 0. The molecule has 0 heterocycles.